The van der Waals surface area contributed by atoms with Gasteiger partial charge in [0.1, 0.15) is 11.9 Å². The normalized spacial score (nSPS) is 17.3. The average molecular weight is 614 g/mol. The van der Waals surface area contributed by atoms with E-state index >= 15 is 0 Å². The van der Waals surface area contributed by atoms with Crippen molar-refractivity contribution in [1.82, 2.24) is 9.80 Å². The highest BCUT2D eigenvalue weighted by atomic mass is 19.4. The summed E-state index contributed by atoms with van der Waals surface area (Å²) < 4.78 is 44.9. The topological polar surface area (TPSA) is 123 Å². The summed E-state index contributed by atoms with van der Waals surface area (Å²) >= 11 is 0. The molecule has 3 aromatic carbocycles. The van der Waals surface area contributed by atoms with E-state index in [2.05, 4.69) is 16.0 Å². The van der Waals surface area contributed by atoms with Gasteiger partial charge in [0, 0.05) is 36.6 Å². The number of alkyl halides is 3. The van der Waals surface area contributed by atoms with E-state index in [1.54, 1.807) is 43.3 Å². The Morgan fingerprint density at radius 2 is 1.61 bits per heavy atom. The van der Waals surface area contributed by atoms with Gasteiger partial charge in [-0.2, -0.15) is 13.2 Å². The molecule has 234 valence electrons. The number of benzene rings is 3. The highest BCUT2D eigenvalue weighted by molar-refractivity contribution is 6.02. The summed E-state index contributed by atoms with van der Waals surface area (Å²) in [4.78, 5) is 42.0. The molecule has 0 bridgehead atoms. The van der Waals surface area contributed by atoms with Crippen LogP contribution in [0.3, 0.4) is 0 Å². The SMILES string of the molecule is C[C@H]1CN([C@@H](C)CO)C(=O)c2cc(NC(=O)Nc3ccccc3)ccc2O[C@H]1CN(C)C(=O)Nc1ccc(C(F)(F)F)cc1. The minimum absolute atomic E-state index is 0.0715. The number of rotatable bonds is 7. The van der Waals surface area contributed by atoms with Crippen molar-refractivity contribution in [3.05, 3.63) is 83.9 Å². The number of ether oxygens (including phenoxy) is 1. The Labute approximate surface area is 252 Å². The Hall–Kier alpha value is -4.78. The van der Waals surface area contributed by atoms with Gasteiger partial charge in [-0.3, -0.25) is 4.79 Å². The predicted molar refractivity (Wildman–Crippen MR) is 160 cm³/mol. The molecule has 1 aliphatic heterocycles. The van der Waals surface area contributed by atoms with Crippen LogP contribution in [-0.2, 0) is 6.18 Å². The van der Waals surface area contributed by atoms with Crippen LogP contribution < -0.4 is 20.7 Å². The van der Waals surface area contributed by atoms with Gasteiger partial charge in [-0.05, 0) is 61.5 Å². The van der Waals surface area contributed by atoms with Crippen LogP contribution in [-0.4, -0.2) is 71.8 Å². The molecule has 0 saturated heterocycles. The quantitative estimate of drug-likeness (QED) is 0.271. The molecule has 0 fully saturated rings. The second-order valence-corrected chi connectivity index (χ2v) is 10.7. The van der Waals surface area contributed by atoms with Gasteiger partial charge in [0.05, 0.1) is 30.3 Å². The minimum Gasteiger partial charge on any atom is -0.487 e. The first-order chi connectivity index (χ1) is 20.8. The lowest BCUT2D eigenvalue weighted by atomic mass is 9.99. The molecular formula is C31H34F3N5O5. The van der Waals surface area contributed by atoms with Crippen molar-refractivity contribution in [3.63, 3.8) is 0 Å². The van der Waals surface area contributed by atoms with E-state index in [0.29, 0.717) is 11.4 Å². The number of aliphatic hydroxyl groups is 1. The Morgan fingerprint density at radius 1 is 1.00 bits per heavy atom. The molecule has 4 rings (SSSR count). The van der Waals surface area contributed by atoms with Crippen LogP contribution in [0.5, 0.6) is 5.75 Å². The zero-order valence-corrected chi connectivity index (χ0v) is 24.4. The van der Waals surface area contributed by atoms with Gasteiger partial charge in [-0.25, -0.2) is 9.59 Å². The van der Waals surface area contributed by atoms with Gasteiger partial charge in [0.15, 0.2) is 0 Å². The largest absolute Gasteiger partial charge is 0.487 e. The number of hydrogen-bond acceptors (Lipinski definition) is 5. The molecule has 5 amide bonds. The maximum atomic E-state index is 13.7. The molecule has 0 saturated carbocycles. The maximum Gasteiger partial charge on any atom is 0.416 e. The highest BCUT2D eigenvalue weighted by Crippen LogP contribution is 2.32. The number of nitrogens with one attached hydrogen (secondary N) is 3. The maximum absolute atomic E-state index is 13.7. The number of aliphatic hydroxyl groups excluding tert-OH is 1. The third kappa shape index (κ3) is 7.98. The summed E-state index contributed by atoms with van der Waals surface area (Å²) in [6.45, 7) is 3.55. The van der Waals surface area contributed by atoms with Crippen LogP contribution in [0.25, 0.3) is 0 Å². The van der Waals surface area contributed by atoms with Crippen LogP contribution in [0.4, 0.5) is 39.8 Å². The third-order valence-electron chi connectivity index (χ3n) is 7.22. The molecule has 1 heterocycles. The van der Waals surface area contributed by atoms with Gasteiger partial charge < -0.3 is 35.6 Å². The zero-order chi connectivity index (χ0) is 32.0. The smallest absolute Gasteiger partial charge is 0.416 e. The van der Waals surface area contributed by atoms with Gasteiger partial charge in [0.2, 0.25) is 0 Å². The average Bonchev–Trinajstić information content (AvgIpc) is 2.99. The molecule has 3 aromatic rings. The van der Waals surface area contributed by atoms with Gasteiger partial charge in [-0.1, -0.05) is 25.1 Å². The van der Waals surface area contributed by atoms with E-state index in [1.807, 2.05) is 13.0 Å². The molecule has 0 spiro atoms. The Kier molecular flexibility index (Phi) is 9.99. The molecule has 13 heteroatoms. The van der Waals surface area contributed by atoms with Crippen molar-refractivity contribution in [2.24, 2.45) is 5.92 Å². The van der Waals surface area contributed by atoms with Crippen LogP contribution in [0.1, 0.15) is 29.8 Å². The highest BCUT2D eigenvalue weighted by Gasteiger charge is 2.34. The fourth-order valence-electron chi connectivity index (χ4n) is 4.65. The zero-order valence-electron chi connectivity index (χ0n) is 24.4. The van der Waals surface area contributed by atoms with Crippen molar-refractivity contribution < 1.29 is 37.4 Å². The number of carbonyl (C=O) groups is 3. The van der Waals surface area contributed by atoms with Gasteiger partial charge in [-0.15, -0.1) is 0 Å². The lowest BCUT2D eigenvalue weighted by Gasteiger charge is -2.38. The summed E-state index contributed by atoms with van der Waals surface area (Å²) in [6, 6.07) is 16.0. The molecule has 0 unspecified atom stereocenters. The third-order valence-corrected chi connectivity index (χ3v) is 7.22. The minimum atomic E-state index is -4.49. The molecule has 1 aliphatic rings. The molecular weight excluding hydrogens is 579 g/mol. The summed E-state index contributed by atoms with van der Waals surface area (Å²) in [5.41, 5.74) is 0.449. The molecule has 0 aliphatic carbocycles. The number of halogens is 3. The Morgan fingerprint density at radius 3 is 2.25 bits per heavy atom. The fraction of sp³-hybridized carbons (Fsp3) is 0.323. The number of carbonyl (C=O) groups excluding carboxylic acids is 3. The van der Waals surface area contributed by atoms with Crippen molar-refractivity contribution in [2.75, 3.05) is 42.7 Å². The second kappa shape index (κ2) is 13.7. The fourth-order valence-corrected chi connectivity index (χ4v) is 4.65. The second-order valence-electron chi connectivity index (χ2n) is 10.7. The standard InChI is InChI=1S/C31H34F3N5O5/c1-19-16-39(20(2)18-40)28(41)25-15-24(36-29(42)35-22-7-5-4-6-8-22)13-14-26(25)44-27(19)17-38(3)30(43)37-23-11-9-21(10-12-23)31(32,33)34/h4-15,19-20,27,40H,16-18H2,1-3H3,(H,37,43)(H2,35,36,42)/t19-,20-,27-/m0/s1. The van der Waals surface area contributed by atoms with E-state index in [9.17, 15) is 32.7 Å². The van der Waals surface area contributed by atoms with Crippen molar-refractivity contribution in [3.8, 4) is 5.75 Å². The number of likely N-dealkylation sites (N-methyl/N-ethyl adjacent to an activating group) is 1. The molecule has 10 nitrogen and oxygen atoms in total. The number of nitrogens with zero attached hydrogens (tertiary/aromatic N) is 2. The number of anilines is 3. The number of fused-ring (bicyclic) bond motifs is 1. The first kappa shape index (κ1) is 32.1. The number of urea groups is 2. The van der Waals surface area contributed by atoms with Crippen molar-refractivity contribution in [1.29, 1.82) is 0 Å². The number of amides is 5. The molecule has 0 radical (unpaired) electrons. The van der Waals surface area contributed by atoms with E-state index in [1.165, 1.54) is 35.0 Å². The number of hydrogen-bond donors (Lipinski definition) is 4. The van der Waals surface area contributed by atoms with E-state index in [0.717, 1.165) is 12.1 Å². The van der Waals surface area contributed by atoms with Crippen LogP contribution >= 0.6 is 0 Å². The molecule has 0 aromatic heterocycles. The summed E-state index contributed by atoms with van der Waals surface area (Å²) in [5, 5.41) is 17.9. The first-order valence-corrected chi connectivity index (χ1v) is 13.9. The summed E-state index contributed by atoms with van der Waals surface area (Å²) in [5.74, 6) is -0.462. The van der Waals surface area contributed by atoms with E-state index in [-0.39, 0.29) is 42.6 Å². The molecule has 3 atom stereocenters. The van der Waals surface area contributed by atoms with Crippen molar-refractivity contribution in [2.45, 2.75) is 32.2 Å². The lowest BCUT2D eigenvalue weighted by Crippen LogP contribution is -2.50. The van der Waals surface area contributed by atoms with E-state index < -0.39 is 41.9 Å². The summed E-state index contributed by atoms with van der Waals surface area (Å²) in [7, 11) is 1.52. The van der Waals surface area contributed by atoms with Crippen LogP contribution in [0.15, 0.2) is 72.8 Å². The Balaban J connectivity index is 1.52. The van der Waals surface area contributed by atoms with E-state index in [4.69, 9.17) is 4.74 Å². The van der Waals surface area contributed by atoms with Crippen LogP contribution in [0, 0.1) is 5.92 Å². The predicted octanol–water partition coefficient (Wildman–Crippen LogP) is 5.73. The molecule has 44 heavy (non-hydrogen) atoms. The van der Waals surface area contributed by atoms with Gasteiger partial charge in [0.25, 0.3) is 5.91 Å². The molecule has 4 N–H and O–H groups in total. The number of para-hydroxylation sites is 1. The van der Waals surface area contributed by atoms with Crippen LogP contribution in [0.2, 0.25) is 0 Å². The monoisotopic (exact) mass is 613 g/mol. The Bertz CT molecular complexity index is 1470. The first-order valence-electron chi connectivity index (χ1n) is 13.9. The van der Waals surface area contributed by atoms with Gasteiger partial charge >= 0.3 is 18.2 Å². The summed E-state index contributed by atoms with van der Waals surface area (Å²) in [6.07, 6.45) is -5.10. The van der Waals surface area contributed by atoms with Crippen molar-refractivity contribution >= 4 is 35.0 Å². The lowest BCUT2D eigenvalue weighted by molar-refractivity contribution is -0.137.